The minimum absolute atomic E-state index is 0.0831. The van der Waals surface area contributed by atoms with E-state index in [2.05, 4.69) is 21.9 Å². The van der Waals surface area contributed by atoms with E-state index in [9.17, 15) is 8.42 Å². The van der Waals surface area contributed by atoms with E-state index in [-0.39, 0.29) is 6.04 Å². The molecule has 0 amide bonds. The van der Waals surface area contributed by atoms with Crippen LogP contribution in [0.25, 0.3) is 0 Å². The van der Waals surface area contributed by atoms with E-state index in [0.29, 0.717) is 9.90 Å². The highest BCUT2D eigenvalue weighted by Crippen LogP contribution is 2.41. The Balaban J connectivity index is 1.64. The highest BCUT2D eigenvalue weighted by atomic mass is 32.2. The van der Waals surface area contributed by atoms with Gasteiger partial charge in [-0.1, -0.05) is 18.2 Å². The van der Waals surface area contributed by atoms with Gasteiger partial charge in [0.15, 0.2) is 0 Å². The maximum absolute atomic E-state index is 12.5. The van der Waals surface area contributed by atoms with Crippen LogP contribution in [0.5, 0.6) is 0 Å². The van der Waals surface area contributed by atoms with Gasteiger partial charge in [-0.2, -0.15) is 0 Å². The van der Waals surface area contributed by atoms with E-state index in [1.165, 1.54) is 16.2 Å². The number of thiazole rings is 1. The lowest BCUT2D eigenvalue weighted by Crippen LogP contribution is -2.13. The third-order valence-corrected chi connectivity index (χ3v) is 8.19. The molecule has 1 aliphatic rings. The molecule has 0 radical (unpaired) electrons. The Labute approximate surface area is 154 Å². The number of aromatic nitrogens is 1. The first-order valence-electron chi connectivity index (χ1n) is 7.83. The van der Waals surface area contributed by atoms with Crippen molar-refractivity contribution in [1.29, 1.82) is 0 Å². The molecule has 0 fully saturated rings. The van der Waals surface area contributed by atoms with E-state index < -0.39 is 10.0 Å². The number of sulfonamides is 1. The normalized spacial score (nSPS) is 16.5. The monoisotopic (exact) mass is 391 g/mol. The number of anilines is 2. The molecule has 1 aromatic carbocycles. The van der Waals surface area contributed by atoms with Gasteiger partial charge in [0.1, 0.15) is 9.22 Å². The van der Waals surface area contributed by atoms with E-state index in [1.54, 1.807) is 34.9 Å². The van der Waals surface area contributed by atoms with Crippen molar-refractivity contribution in [2.24, 2.45) is 0 Å². The standard InChI is InChI=1S/C17H17N3O2S3/c1-10-11(2)24-17(18-10)14-9-12-5-3-6-13(16(12)19-14)20-25(21,22)15-7-4-8-23-15/h3-8,14,19-20H,9H2,1-2H3. The Morgan fingerprint density at radius 1 is 1.24 bits per heavy atom. The van der Waals surface area contributed by atoms with Gasteiger partial charge in [-0.05, 0) is 36.9 Å². The predicted octanol–water partition coefficient (Wildman–Crippen LogP) is 4.33. The second kappa shape index (κ2) is 6.12. The molecule has 3 aromatic rings. The predicted molar refractivity (Wildman–Crippen MR) is 103 cm³/mol. The molecular weight excluding hydrogens is 374 g/mol. The van der Waals surface area contributed by atoms with E-state index in [4.69, 9.17) is 0 Å². The second-order valence-corrected chi connectivity index (χ2v) is 10.1. The zero-order chi connectivity index (χ0) is 17.6. The van der Waals surface area contributed by atoms with Gasteiger partial charge in [0, 0.05) is 11.3 Å². The van der Waals surface area contributed by atoms with Crippen molar-refractivity contribution in [1.82, 2.24) is 4.98 Å². The number of rotatable bonds is 4. The van der Waals surface area contributed by atoms with Gasteiger partial charge in [-0.15, -0.1) is 22.7 Å². The summed E-state index contributed by atoms with van der Waals surface area (Å²) in [7, 11) is -3.56. The summed E-state index contributed by atoms with van der Waals surface area (Å²) in [6.07, 6.45) is 0.802. The van der Waals surface area contributed by atoms with Crippen molar-refractivity contribution < 1.29 is 8.42 Å². The number of nitrogens with zero attached hydrogens (tertiary/aromatic N) is 1. The minimum atomic E-state index is -3.56. The van der Waals surface area contributed by atoms with Crippen molar-refractivity contribution in [3.05, 3.63) is 56.9 Å². The molecule has 8 heteroatoms. The molecule has 0 bridgehead atoms. The quantitative estimate of drug-likeness (QED) is 0.694. The van der Waals surface area contributed by atoms with Gasteiger partial charge in [0.2, 0.25) is 0 Å². The Bertz CT molecular complexity index is 1000. The van der Waals surface area contributed by atoms with Gasteiger partial charge in [-0.3, -0.25) is 4.72 Å². The molecule has 2 aromatic heterocycles. The van der Waals surface area contributed by atoms with Gasteiger partial charge in [0.05, 0.1) is 23.1 Å². The largest absolute Gasteiger partial charge is 0.374 e. The molecule has 25 heavy (non-hydrogen) atoms. The highest BCUT2D eigenvalue weighted by molar-refractivity contribution is 7.94. The Morgan fingerprint density at radius 3 is 2.76 bits per heavy atom. The molecular formula is C17H17N3O2S3. The molecule has 0 aliphatic carbocycles. The van der Waals surface area contributed by atoms with Crippen LogP contribution < -0.4 is 10.0 Å². The molecule has 1 aliphatic heterocycles. The van der Waals surface area contributed by atoms with Crippen molar-refractivity contribution in [3.63, 3.8) is 0 Å². The molecule has 4 rings (SSSR count). The topological polar surface area (TPSA) is 71.1 Å². The fourth-order valence-electron chi connectivity index (χ4n) is 2.88. The van der Waals surface area contributed by atoms with Crippen LogP contribution in [0, 0.1) is 13.8 Å². The second-order valence-electron chi connectivity index (χ2n) is 5.97. The van der Waals surface area contributed by atoms with Crippen molar-refractivity contribution in [2.75, 3.05) is 10.0 Å². The number of hydrogen-bond acceptors (Lipinski definition) is 6. The number of fused-ring (bicyclic) bond motifs is 1. The average molecular weight is 392 g/mol. The molecule has 0 saturated carbocycles. The van der Waals surface area contributed by atoms with Crippen LogP contribution in [0.2, 0.25) is 0 Å². The molecule has 3 heterocycles. The highest BCUT2D eigenvalue weighted by Gasteiger charge is 2.28. The van der Waals surface area contributed by atoms with E-state index >= 15 is 0 Å². The number of nitrogens with one attached hydrogen (secondary N) is 2. The molecule has 2 N–H and O–H groups in total. The van der Waals surface area contributed by atoms with Crippen LogP contribution in [-0.2, 0) is 16.4 Å². The Morgan fingerprint density at radius 2 is 2.08 bits per heavy atom. The van der Waals surface area contributed by atoms with Crippen LogP contribution in [0.3, 0.4) is 0 Å². The van der Waals surface area contributed by atoms with Crippen molar-refractivity contribution >= 4 is 44.1 Å². The maximum atomic E-state index is 12.5. The smallest absolute Gasteiger partial charge is 0.271 e. The molecule has 5 nitrogen and oxygen atoms in total. The Kier molecular flexibility index (Phi) is 4.05. The van der Waals surface area contributed by atoms with Gasteiger partial charge in [-0.25, -0.2) is 13.4 Å². The third-order valence-electron chi connectivity index (χ3n) is 4.24. The number of aryl methyl sites for hydroxylation is 2. The van der Waals surface area contributed by atoms with Gasteiger partial charge < -0.3 is 5.32 Å². The first kappa shape index (κ1) is 16.6. The lowest BCUT2D eigenvalue weighted by atomic mass is 10.1. The average Bonchev–Trinajstić information content (AvgIpc) is 3.28. The summed E-state index contributed by atoms with van der Waals surface area (Å²) in [5, 5.41) is 6.25. The maximum Gasteiger partial charge on any atom is 0.271 e. The van der Waals surface area contributed by atoms with Crippen LogP contribution in [0.4, 0.5) is 11.4 Å². The summed E-state index contributed by atoms with van der Waals surface area (Å²) in [5.41, 5.74) is 3.58. The molecule has 130 valence electrons. The fourth-order valence-corrected chi connectivity index (χ4v) is 5.92. The summed E-state index contributed by atoms with van der Waals surface area (Å²) in [4.78, 5) is 5.85. The Hall–Kier alpha value is -1.90. The summed E-state index contributed by atoms with van der Waals surface area (Å²) < 4.78 is 28.1. The third kappa shape index (κ3) is 3.05. The van der Waals surface area contributed by atoms with Crippen LogP contribution in [-0.4, -0.2) is 13.4 Å². The molecule has 1 unspecified atom stereocenters. The first-order chi connectivity index (χ1) is 11.9. The van der Waals surface area contributed by atoms with Crippen LogP contribution in [0.15, 0.2) is 39.9 Å². The van der Waals surface area contributed by atoms with Crippen LogP contribution in [0.1, 0.15) is 27.2 Å². The summed E-state index contributed by atoms with van der Waals surface area (Å²) in [6.45, 7) is 4.08. The molecule has 0 saturated heterocycles. The van der Waals surface area contributed by atoms with E-state index in [1.807, 2.05) is 19.1 Å². The lowest BCUT2D eigenvalue weighted by molar-refractivity contribution is 0.603. The number of benzene rings is 1. The lowest BCUT2D eigenvalue weighted by Gasteiger charge is -2.12. The zero-order valence-corrected chi connectivity index (χ0v) is 16.2. The van der Waals surface area contributed by atoms with Crippen molar-refractivity contribution in [3.8, 4) is 0 Å². The summed E-state index contributed by atoms with van der Waals surface area (Å²) in [6, 6.07) is 9.12. The fraction of sp³-hybridized carbons (Fsp3) is 0.235. The minimum Gasteiger partial charge on any atom is -0.374 e. The number of hydrogen-bond donors (Lipinski definition) is 2. The number of thiophene rings is 1. The summed E-state index contributed by atoms with van der Waals surface area (Å²) in [5.74, 6) is 0. The van der Waals surface area contributed by atoms with Gasteiger partial charge in [0.25, 0.3) is 10.0 Å². The number of para-hydroxylation sites is 1. The SMILES string of the molecule is Cc1nc(C2Cc3cccc(NS(=O)(=O)c4cccs4)c3N2)sc1C. The summed E-state index contributed by atoms with van der Waals surface area (Å²) >= 11 is 2.89. The first-order valence-corrected chi connectivity index (χ1v) is 11.0. The van der Waals surface area contributed by atoms with Crippen molar-refractivity contribution in [2.45, 2.75) is 30.5 Å². The zero-order valence-electron chi connectivity index (χ0n) is 13.7. The molecule has 0 spiro atoms. The van der Waals surface area contributed by atoms with Crippen LogP contribution >= 0.6 is 22.7 Å². The van der Waals surface area contributed by atoms with E-state index in [0.717, 1.165) is 28.4 Å². The van der Waals surface area contributed by atoms with Gasteiger partial charge >= 0.3 is 0 Å². The molecule has 1 atom stereocenters.